The van der Waals surface area contributed by atoms with Gasteiger partial charge in [-0.05, 0) is 42.8 Å². The lowest BCUT2D eigenvalue weighted by molar-refractivity contribution is 0.191. The molecule has 0 radical (unpaired) electrons. The van der Waals surface area contributed by atoms with E-state index in [4.69, 9.17) is 5.26 Å². The first-order chi connectivity index (χ1) is 13.7. The van der Waals surface area contributed by atoms with Crippen molar-refractivity contribution in [3.8, 4) is 6.07 Å². The number of aromatic nitrogens is 1. The van der Waals surface area contributed by atoms with E-state index in [0.29, 0.717) is 18.7 Å². The summed E-state index contributed by atoms with van der Waals surface area (Å²) in [5.74, 6) is 0. The van der Waals surface area contributed by atoms with Crippen molar-refractivity contribution < 1.29 is 4.79 Å². The van der Waals surface area contributed by atoms with Crippen LogP contribution in [0.15, 0.2) is 54.7 Å². The number of carbonyl (C=O) groups excluding carboxylic acids is 1. The monoisotopic (exact) mass is 373 g/mol. The molecule has 0 bridgehead atoms. The Hall–Kier alpha value is -3.46. The minimum absolute atomic E-state index is 0.0608. The highest BCUT2D eigenvalue weighted by Crippen LogP contribution is 2.27. The SMILES string of the molecule is CC(NC(=O)N1CCN(c2cccc3[nH]ccc23)CC1)c1cccc(C#N)c1. The number of H-pyrrole nitrogens is 1. The van der Waals surface area contributed by atoms with Gasteiger partial charge in [-0.15, -0.1) is 0 Å². The van der Waals surface area contributed by atoms with E-state index in [1.807, 2.05) is 36.2 Å². The summed E-state index contributed by atoms with van der Waals surface area (Å²) in [7, 11) is 0. The Bertz CT molecular complexity index is 1030. The maximum absolute atomic E-state index is 12.7. The van der Waals surface area contributed by atoms with Crippen LogP contribution in [0.2, 0.25) is 0 Å². The molecule has 1 aliphatic rings. The Morgan fingerprint density at radius 1 is 1.14 bits per heavy atom. The van der Waals surface area contributed by atoms with Gasteiger partial charge in [0.25, 0.3) is 0 Å². The van der Waals surface area contributed by atoms with Gasteiger partial charge in [0.1, 0.15) is 0 Å². The normalized spacial score (nSPS) is 15.3. The molecule has 2 amide bonds. The average Bonchev–Trinajstić information content (AvgIpc) is 3.23. The van der Waals surface area contributed by atoms with Crippen molar-refractivity contribution in [1.29, 1.82) is 5.26 Å². The van der Waals surface area contributed by atoms with Gasteiger partial charge in [-0.1, -0.05) is 18.2 Å². The molecule has 1 unspecified atom stereocenters. The lowest BCUT2D eigenvalue weighted by Gasteiger charge is -2.37. The van der Waals surface area contributed by atoms with Crippen molar-refractivity contribution in [2.75, 3.05) is 31.1 Å². The van der Waals surface area contributed by atoms with Gasteiger partial charge in [0.05, 0.1) is 17.7 Å². The molecule has 0 saturated carbocycles. The molecule has 0 spiro atoms. The molecular formula is C22H23N5O. The first kappa shape index (κ1) is 17.9. The second-order valence-electron chi connectivity index (χ2n) is 7.10. The largest absolute Gasteiger partial charge is 0.367 e. The van der Waals surface area contributed by atoms with E-state index in [-0.39, 0.29) is 12.1 Å². The topological polar surface area (TPSA) is 75.2 Å². The van der Waals surface area contributed by atoms with Crippen LogP contribution >= 0.6 is 0 Å². The molecule has 2 N–H and O–H groups in total. The maximum atomic E-state index is 12.7. The number of benzene rings is 2. The van der Waals surface area contributed by atoms with Crippen LogP contribution in [0.1, 0.15) is 24.1 Å². The minimum Gasteiger partial charge on any atom is -0.367 e. The molecule has 4 rings (SSSR count). The summed E-state index contributed by atoms with van der Waals surface area (Å²) in [6, 6.07) is 17.7. The number of amides is 2. The quantitative estimate of drug-likeness (QED) is 0.736. The summed E-state index contributed by atoms with van der Waals surface area (Å²) >= 11 is 0. The zero-order valence-corrected chi connectivity index (χ0v) is 15.9. The van der Waals surface area contributed by atoms with Crippen LogP contribution in [0.3, 0.4) is 0 Å². The highest BCUT2D eigenvalue weighted by molar-refractivity contribution is 5.92. The minimum atomic E-state index is -0.146. The van der Waals surface area contributed by atoms with E-state index in [2.05, 4.69) is 45.5 Å². The van der Waals surface area contributed by atoms with E-state index in [1.54, 1.807) is 6.07 Å². The van der Waals surface area contributed by atoms with Crippen LogP contribution in [0, 0.1) is 11.3 Å². The molecule has 3 aromatic rings. The lowest BCUT2D eigenvalue weighted by atomic mass is 10.1. The molecular weight excluding hydrogens is 350 g/mol. The second kappa shape index (κ2) is 7.65. The van der Waals surface area contributed by atoms with Crippen molar-refractivity contribution in [1.82, 2.24) is 15.2 Å². The summed E-state index contributed by atoms with van der Waals surface area (Å²) in [4.78, 5) is 20.1. The predicted octanol–water partition coefficient (Wildman–Crippen LogP) is 3.63. The number of urea groups is 1. The predicted molar refractivity (Wildman–Crippen MR) is 110 cm³/mol. The Balaban J connectivity index is 1.37. The molecule has 1 saturated heterocycles. The number of hydrogen-bond acceptors (Lipinski definition) is 3. The maximum Gasteiger partial charge on any atom is 0.317 e. The van der Waals surface area contributed by atoms with Crippen molar-refractivity contribution in [3.05, 3.63) is 65.9 Å². The van der Waals surface area contributed by atoms with Crippen LogP contribution in [-0.2, 0) is 0 Å². The summed E-state index contributed by atoms with van der Waals surface area (Å²) in [5.41, 5.74) is 3.88. The smallest absolute Gasteiger partial charge is 0.317 e. The number of nitrogens with one attached hydrogen (secondary N) is 2. The van der Waals surface area contributed by atoms with Gasteiger partial charge >= 0.3 is 6.03 Å². The van der Waals surface area contributed by atoms with E-state index < -0.39 is 0 Å². The fourth-order valence-electron chi connectivity index (χ4n) is 3.73. The number of anilines is 1. The summed E-state index contributed by atoms with van der Waals surface area (Å²) < 4.78 is 0. The molecule has 1 fully saturated rings. The van der Waals surface area contributed by atoms with Crippen LogP contribution in [0.5, 0.6) is 0 Å². The number of nitrogens with zero attached hydrogens (tertiary/aromatic N) is 3. The number of carbonyl (C=O) groups is 1. The summed E-state index contributed by atoms with van der Waals surface area (Å²) in [5, 5.41) is 13.3. The van der Waals surface area contributed by atoms with Gasteiger partial charge in [0.2, 0.25) is 0 Å². The number of nitriles is 1. The molecule has 1 aliphatic heterocycles. The van der Waals surface area contributed by atoms with Crippen molar-refractivity contribution in [2.45, 2.75) is 13.0 Å². The zero-order valence-electron chi connectivity index (χ0n) is 15.9. The average molecular weight is 373 g/mol. The Morgan fingerprint density at radius 3 is 2.71 bits per heavy atom. The third kappa shape index (κ3) is 3.52. The van der Waals surface area contributed by atoms with Crippen LogP contribution < -0.4 is 10.2 Å². The standard InChI is InChI=1S/C22H23N5O/c1-16(18-5-2-4-17(14-18)15-23)25-22(28)27-12-10-26(11-13-27)21-7-3-6-20-19(21)8-9-24-20/h2-9,14,16,24H,10-13H2,1H3,(H,25,28). The van der Waals surface area contributed by atoms with Crippen molar-refractivity contribution in [3.63, 3.8) is 0 Å². The van der Waals surface area contributed by atoms with Gasteiger partial charge in [-0.3, -0.25) is 0 Å². The van der Waals surface area contributed by atoms with Crippen molar-refractivity contribution in [2.24, 2.45) is 0 Å². The van der Waals surface area contributed by atoms with Gasteiger partial charge in [0, 0.05) is 49.0 Å². The third-order valence-corrected chi connectivity index (χ3v) is 5.34. The number of rotatable bonds is 3. The molecule has 6 heteroatoms. The third-order valence-electron chi connectivity index (χ3n) is 5.34. The first-order valence-corrected chi connectivity index (χ1v) is 9.52. The molecule has 0 aliphatic carbocycles. The van der Waals surface area contributed by atoms with E-state index in [1.165, 1.54) is 11.1 Å². The van der Waals surface area contributed by atoms with Crippen LogP contribution in [-0.4, -0.2) is 42.1 Å². The van der Waals surface area contributed by atoms with E-state index in [0.717, 1.165) is 24.2 Å². The lowest BCUT2D eigenvalue weighted by Crippen LogP contribution is -2.52. The van der Waals surface area contributed by atoms with E-state index >= 15 is 0 Å². The van der Waals surface area contributed by atoms with Gasteiger partial charge in [0.15, 0.2) is 0 Å². The van der Waals surface area contributed by atoms with E-state index in [9.17, 15) is 4.79 Å². The highest BCUT2D eigenvalue weighted by Gasteiger charge is 2.23. The summed E-state index contributed by atoms with van der Waals surface area (Å²) in [6.07, 6.45) is 1.96. The Labute approximate surface area is 164 Å². The van der Waals surface area contributed by atoms with Gasteiger partial charge in [-0.2, -0.15) is 5.26 Å². The first-order valence-electron chi connectivity index (χ1n) is 9.52. The Morgan fingerprint density at radius 2 is 1.93 bits per heavy atom. The fourth-order valence-corrected chi connectivity index (χ4v) is 3.73. The molecule has 1 atom stereocenters. The molecule has 2 aromatic carbocycles. The highest BCUT2D eigenvalue weighted by atomic mass is 16.2. The molecule has 142 valence electrons. The van der Waals surface area contributed by atoms with Crippen LogP contribution in [0.25, 0.3) is 10.9 Å². The molecule has 1 aromatic heterocycles. The number of hydrogen-bond donors (Lipinski definition) is 2. The Kier molecular flexibility index (Phi) is 4.90. The molecule has 2 heterocycles. The molecule has 6 nitrogen and oxygen atoms in total. The van der Waals surface area contributed by atoms with Crippen LogP contribution in [0.4, 0.5) is 10.5 Å². The second-order valence-corrected chi connectivity index (χ2v) is 7.10. The van der Waals surface area contributed by atoms with Gasteiger partial charge in [-0.25, -0.2) is 4.79 Å². The number of piperazine rings is 1. The van der Waals surface area contributed by atoms with Gasteiger partial charge < -0.3 is 20.1 Å². The zero-order chi connectivity index (χ0) is 19.5. The summed E-state index contributed by atoms with van der Waals surface area (Å²) in [6.45, 7) is 4.90. The molecule has 28 heavy (non-hydrogen) atoms. The number of fused-ring (bicyclic) bond motifs is 1. The van der Waals surface area contributed by atoms with Crippen molar-refractivity contribution >= 4 is 22.6 Å². The fraction of sp³-hybridized carbons (Fsp3) is 0.273. The number of aromatic amines is 1.